The highest BCUT2D eigenvalue weighted by Crippen LogP contribution is 2.65. The van der Waals surface area contributed by atoms with Crippen molar-refractivity contribution in [2.24, 2.45) is 34.5 Å². The van der Waals surface area contributed by atoms with Gasteiger partial charge in [-0.05, 0) is 73.7 Å². The van der Waals surface area contributed by atoms with Crippen LogP contribution in [0.4, 0.5) is 5.82 Å². The van der Waals surface area contributed by atoms with Gasteiger partial charge in [-0.2, -0.15) is 5.10 Å². The first-order chi connectivity index (χ1) is 13.9. The number of rotatable bonds is 3. The largest absolute Gasteiger partial charge is 0.349 e. The molecular weight excluding hydrogens is 364 g/mol. The Balaban J connectivity index is 1.32. The number of amides is 2. The molecule has 5 rings (SSSR count). The van der Waals surface area contributed by atoms with E-state index in [4.69, 9.17) is 0 Å². The van der Waals surface area contributed by atoms with Gasteiger partial charge in [0.25, 0.3) is 0 Å². The second-order valence-corrected chi connectivity index (χ2v) is 10.3. The zero-order chi connectivity index (χ0) is 20.2. The van der Waals surface area contributed by atoms with E-state index in [0.717, 1.165) is 12.8 Å². The molecule has 7 atom stereocenters. The second kappa shape index (κ2) is 6.71. The molecule has 1 aromatic heterocycles. The minimum absolute atomic E-state index is 0.0655. The molecule has 3 N–H and O–H groups in total. The third kappa shape index (κ3) is 2.94. The maximum Gasteiger partial charge on any atom is 0.243 e. The first kappa shape index (κ1) is 18.9. The van der Waals surface area contributed by atoms with Crippen LogP contribution in [0.3, 0.4) is 0 Å². The van der Waals surface area contributed by atoms with Crippen LogP contribution in [0.2, 0.25) is 0 Å². The number of anilines is 1. The van der Waals surface area contributed by atoms with Gasteiger partial charge in [0, 0.05) is 23.9 Å². The van der Waals surface area contributed by atoms with Gasteiger partial charge >= 0.3 is 0 Å². The molecule has 3 saturated carbocycles. The normalized spacial score (nSPS) is 43.1. The molecule has 3 aliphatic carbocycles. The summed E-state index contributed by atoms with van der Waals surface area (Å²) in [5.74, 6) is 3.31. The van der Waals surface area contributed by atoms with Crippen LogP contribution < -0.4 is 10.6 Å². The fourth-order valence-corrected chi connectivity index (χ4v) is 7.53. The number of carbonyl (C=O) groups excluding carboxylic acids is 2. The number of fused-ring (bicyclic) bond motifs is 5. The Morgan fingerprint density at radius 3 is 2.86 bits per heavy atom. The summed E-state index contributed by atoms with van der Waals surface area (Å²) in [4.78, 5) is 24.5. The van der Waals surface area contributed by atoms with Crippen molar-refractivity contribution in [3.8, 4) is 0 Å². The van der Waals surface area contributed by atoms with E-state index in [-0.39, 0.29) is 28.7 Å². The Hall–Kier alpha value is -2.11. The third-order valence-electron chi connectivity index (χ3n) is 9.09. The number of nitrogens with zero attached hydrogens (tertiary/aromatic N) is 1. The van der Waals surface area contributed by atoms with Crippen LogP contribution in [-0.4, -0.2) is 28.1 Å². The SMILES string of the molecule is C[C@]12C=CC(=O)N[C@@H]1CC[C@@H]1[C@@H]2CC[C@]2(C)[C@@H](CC(=O)Nc3ccn[nH]3)CC[C@@H]12. The molecule has 2 amide bonds. The van der Waals surface area contributed by atoms with Gasteiger partial charge in [-0.25, -0.2) is 0 Å². The number of hydrogen-bond donors (Lipinski definition) is 3. The van der Waals surface area contributed by atoms with E-state index in [2.05, 4.69) is 40.8 Å². The van der Waals surface area contributed by atoms with E-state index in [1.54, 1.807) is 18.3 Å². The molecule has 0 spiro atoms. The molecule has 4 aliphatic rings. The van der Waals surface area contributed by atoms with Gasteiger partial charge in [-0.1, -0.05) is 19.9 Å². The van der Waals surface area contributed by atoms with Crippen molar-refractivity contribution in [2.75, 3.05) is 5.32 Å². The lowest BCUT2D eigenvalue weighted by molar-refractivity contribution is -0.123. The number of hydrogen-bond acceptors (Lipinski definition) is 3. The highest BCUT2D eigenvalue weighted by molar-refractivity contribution is 5.90. The fraction of sp³-hybridized carbons (Fsp3) is 0.696. The number of H-pyrrole nitrogens is 1. The Morgan fingerprint density at radius 1 is 1.21 bits per heavy atom. The molecule has 0 unspecified atom stereocenters. The van der Waals surface area contributed by atoms with Crippen LogP contribution in [0.5, 0.6) is 0 Å². The second-order valence-electron chi connectivity index (χ2n) is 10.3. The molecule has 0 bridgehead atoms. The highest BCUT2D eigenvalue weighted by atomic mass is 16.2. The van der Waals surface area contributed by atoms with E-state index in [0.29, 0.717) is 35.9 Å². The summed E-state index contributed by atoms with van der Waals surface area (Å²) < 4.78 is 0. The fourth-order valence-electron chi connectivity index (χ4n) is 7.53. The van der Waals surface area contributed by atoms with Crippen molar-refractivity contribution >= 4 is 17.6 Å². The summed E-state index contributed by atoms with van der Waals surface area (Å²) in [6.45, 7) is 4.80. The van der Waals surface area contributed by atoms with Crippen LogP contribution in [0.25, 0.3) is 0 Å². The predicted octanol–water partition coefficient (Wildman–Crippen LogP) is 3.65. The molecule has 1 aromatic rings. The molecule has 0 radical (unpaired) electrons. The zero-order valence-electron chi connectivity index (χ0n) is 17.4. The smallest absolute Gasteiger partial charge is 0.243 e. The maximum atomic E-state index is 12.6. The van der Waals surface area contributed by atoms with Crippen molar-refractivity contribution in [1.29, 1.82) is 0 Å². The van der Waals surface area contributed by atoms with Crippen molar-refractivity contribution in [3.63, 3.8) is 0 Å². The third-order valence-corrected chi connectivity index (χ3v) is 9.09. The average Bonchev–Trinajstić information content (AvgIpc) is 3.30. The maximum absolute atomic E-state index is 12.6. The molecule has 6 heteroatoms. The molecule has 0 aromatic carbocycles. The summed E-state index contributed by atoms with van der Waals surface area (Å²) in [5, 5.41) is 12.9. The molecule has 3 fully saturated rings. The predicted molar refractivity (Wildman–Crippen MR) is 111 cm³/mol. The van der Waals surface area contributed by atoms with Crippen LogP contribution in [0.15, 0.2) is 24.4 Å². The Labute approximate surface area is 172 Å². The lowest BCUT2D eigenvalue weighted by atomic mass is 9.48. The van der Waals surface area contributed by atoms with Gasteiger partial charge in [0.05, 0.1) is 6.20 Å². The quantitative estimate of drug-likeness (QED) is 0.729. The summed E-state index contributed by atoms with van der Waals surface area (Å²) >= 11 is 0. The van der Waals surface area contributed by atoms with Gasteiger partial charge < -0.3 is 10.6 Å². The van der Waals surface area contributed by atoms with Crippen molar-refractivity contribution < 1.29 is 9.59 Å². The summed E-state index contributed by atoms with van der Waals surface area (Å²) in [5.41, 5.74) is 0.325. The Morgan fingerprint density at radius 2 is 2.07 bits per heavy atom. The van der Waals surface area contributed by atoms with E-state index in [1.807, 2.05) is 0 Å². The van der Waals surface area contributed by atoms with Crippen molar-refractivity contribution in [1.82, 2.24) is 15.5 Å². The molecule has 2 heterocycles. The topological polar surface area (TPSA) is 86.9 Å². The number of aromatic amines is 1. The van der Waals surface area contributed by atoms with E-state index in [9.17, 15) is 9.59 Å². The van der Waals surface area contributed by atoms with Crippen LogP contribution in [0, 0.1) is 34.5 Å². The molecule has 29 heavy (non-hydrogen) atoms. The minimum atomic E-state index is 0.0655. The summed E-state index contributed by atoms with van der Waals surface area (Å²) in [6, 6.07) is 2.07. The lowest BCUT2D eigenvalue weighted by Gasteiger charge is -2.59. The average molecular weight is 397 g/mol. The standard InChI is InChI=1S/C23H32N4O2/c1-22-10-7-17-15(4-6-18-23(17,2)11-8-20(28)25-18)16(22)5-3-14(22)13-21(29)26-19-9-12-24-27-19/h8-9,11-12,14-18H,3-7,10,13H2,1-2H3,(H,25,28)(H2,24,26,27,29)/t14-,15+,16+,17+,18-,22-,23-/m1/s1. The van der Waals surface area contributed by atoms with Crippen molar-refractivity contribution in [2.45, 2.75) is 64.8 Å². The van der Waals surface area contributed by atoms with Gasteiger partial charge in [-0.3, -0.25) is 14.7 Å². The number of nitrogens with one attached hydrogen (secondary N) is 3. The number of aromatic nitrogens is 2. The molecule has 156 valence electrons. The highest BCUT2D eigenvalue weighted by Gasteiger charge is 2.59. The van der Waals surface area contributed by atoms with Crippen LogP contribution >= 0.6 is 0 Å². The molecule has 6 nitrogen and oxygen atoms in total. The first-order valence-corrected chi connectivity index (χ1v) is 11.2. The summed E-state index contributed by atoms with van der Waals surface area (Å²) in [6.07, 6.45) is 13.3. The van der Waals surface area contributed by atoms with E-state index in [1.165, 1.54) is 25.7 Å². The van der Waals surface area contributed by atoms with Crippen LogP contribution in [0.1, 0.15) is 58.8 Å². The molecular formula is C23H32N4O2. The van der Waals surface area contributed by atoms with Crippen molar-refractivity contribution in [3.05, 3.63) is 24.4 Å². The molecule has 1 aliphatic heterocycles. The van der Waals surface area contributed by atoms with E-state index < -0.39 is 0 Å². The zero-order valence-corrected chi connectivity index (χ0v) is 17.4. The van der Waals surface area contributed by atoms with Gasteiger partial charge in [0.15, 0.2) is 0 Å². The van der Waals surface area contributed by atoms with Gasteiger partial charge in [-0.15, -0.1) is 0 Å². The number of carbonyl (C=O) groups is 2. The van der Waals surface area contributed by atoms with Gasteiger partial charge in [0.1, 0.15) is 5.82 Å². The Bertz CT molecular complexity index is 834. The monoisotopic (exact) mass is 396 g/mol. The minimum Gasteiger partial charge on any atom is -0.349 e. The van der Waals surface area contributed by atoms with E-state index >= 15 is 0 Å². The lowest BCUT2D eigenvalue weighted by Crippen LogP contribution is -2.59. The molecule has 0 saturated heterocycles. The Kier molecular flexibility index (Phi) is 4.37. The van der Waals surface area contributed by atoms with Crippen LogP contribution in [-0.2, 0) is 9.59 Å². The first-order valence-electron chi connectivity index (χ1n) is 11.2. The van der Waals surface area contributed by atoms with Gasteiger partial charge in [0.2, 0.25) is 11.8 Å². The summed E-state index contributed by atoms with van der Waals surface area (Å²) in [7, 11) is 0.